The molecule has 1 amide bonds. The molecule has 0 aliphatic carbocycles. The van der Waals surface area contributed by atoms with E-state index in [2.05, 4.69) is 22.4 Å². The Bertz CT molecular complexity index is 1340. The van der Waals surface area contributed by atoms with E-state index < -0.39 is 11.4 Å². The molecule has 7 heteroatoms. The Morgan fingerprint density at radius 3 is 2.34 bits per heavy atom. The molecule has 0 bridgehead atoms. The van der Waals surface area contributed by atoms with Gasteiger partial charge in [-0.2, -0.15) is 0 Å². The highest BCUT2D eigenvalue weighted by molar-refractivity contribution is 5.94. The zero-order valence-electron chi connectivity index (χ0n) is 24.6. The van der Waals surface area contributed by atoms with Gasteiger partial charge in [-0.1, -0.05) is 50.3 Å². The number of aryl methyl sites for hydroxylation is 3. The number of nitrogens with one attached hydrogen (secondary N) is 1. The number of anilines is 1. The summed E-state index contributed by atoms with van der Waals surface area (Å²) in [6.45, 7) is 8.06. The molecule has 0 unspecified atom stereocenters. The largest absolute Gasteiger partial charge is 0.507 e. The normalized spacial score (nSPS) is 11.5. The summed E-state index contributed by atoms with van der Waals surface area (Å²) in [6, 6.07) is 17.2. The Hall–Kier alpha value is -4.13. The van der Waals surface area contributed by atoms with Crippen LogP contribution in [-0.2, 0) is 16.0 Å². The van der Waals surface area contributed by atoms with Crippen LogP contribution in [0.3, 0.4) is 0 Å². The number of benzene rings is 2. The highest BCUT2D eigenvalue weighted by Gasteiger charge is 2.37. The first-order valence-corrected chi connectivity index (χ1v) is 14.4. The van der Waals surface area contributed by atoms with Gasteiger partial charge >= 0.3 is 5.97 Å². The molecule has 41 heavy (non-hydrogen) atoms. The van der Waals surface area contributed by atoms with Crippen molar-refractivity contribution in [3.8, 4) is 11.6 Å². The number of nitrogens with zero attached hydrogens (tertiary/aromatic N) is 1. The van der Waals surface area contributed by atoms with Crippen LogP contribution in [0.15, 0.2) is 54.6 Å². The van der Waals surface area contributed by atoms with E-state index in [-0.39, 0.29) is 12.3 Å². The summed E-state index contributed by atoms with van der Waals surface area (Å²) in [5, 5.41) is 22.4. The van der Waals surface area contributed by atoms with Crippen molar-refractivity contribution in [1.29, 1.82) is 0 Å². The second-order valence-corrected chi connectivity index (χ2v) is 10.6. The summed E-state index contributed by atoms with van der Waals surface area (Å²) >= 11 is 0. The molecule has 0 aliphatic heterocycles. The highest BCUT2D eigenvalue weighted by Crippen LogP contribution is 2.31. The summed E-state index contributed by atoms with van der Waals surface area (Å²) in [4.78, 5) is 28.9. The van der Waals surface area contributed by atoms with E-state index in [1.165, 1.54) is 5.56 Å². The molecular weight excluding hydrogens is 516 g/mol. The first-order valence-electron chi connectivity index (χ1n) is 14.4. The summed E-state index contributed by atoms with van der Waals surface area (Å²) < 4.78 is 5.88. The third kappa shape index (κ3) is 9.20. The second-order valence-electron chi connectivity index (χ2n) is 10.6. The summed E-state index contributed by atoms with van der Waals surface area (Å²) in [5.74, 6) is -0.293. The number of phenolic OH excluding ortho intramolecular Hbond substituents is 1. The maximum absolute atomic E-state index is 12.6. The maximum Gasteiger partial charge on any atom is 0.310 e. The molecule has 0 saturated carbocycles. The van der Waals surface area contributed by atoms with Crippen LogP contribution < -0.4 is 10.1 Å². The van der Waals surface area contributed by atoms with E-state index in [0.29, 0.717) is 36.8 Å². The van der Waals surface area contributed by atoms with Gasteiger partial charge in [0.05, 0.1) is 17.7 Å². The van der Waals surface area contributed by atoms with Crippen LogP contribution in [-0.4, -0.2) is 33.7 Å². The zero-order valence-corrected chi connectivity index (χ0v) is 24.6. The molecule has 0 saturated heterocycles. The number of unbranched alkanes of at least 4 members (excludes halogenated alkanes) is 2. The number of carboxylic acid groups (broad SMARTS) is 1. The Morgan fingerprint density at radius 1 is 0.951 bits per heavy atom. The number of aliphatic carboxylic acids is 1. The number of rotatable bonds is 15. The fourth-order valence-corrected chi connectivity index (χ4v) is 4.87. The summed E-state index contributed by atoms with van der Waals surface area (Å²) in [5.41, 5.74) is 4.30. The Morgan fingerprint density at radius 2 is 1.66 bits per heavy atom. The lowest BCUT2D eigenvalue weighted by Crippen LogP contribution is -2.34. The van der Waals surface area contributed by atoms with Crippen LogP contribution >= 0.6 is 0 Å². The van der Waals surface area contributed by atoms with Gasteiger partial charge < -0.3 is 20.3 Å². The molecule has 3 aromatic rings. The molecule has 0 spiro atoms. The second kappa shape index (κ2) is 15.0. The number of hydrogen-bond acceptors (Lipinski definition) is 5. The predicted octanol–water partition coefficient (Wildman–Crippen LogP) is 7.59. The van der Waals surface area contributed by atoms with Crippen molar-refractivity contribution in [2.24, 2.45) is 5.41 Å². The third-order valence-electron chi connectivity index (χ3n) is 7.58. The number of carbonyl (C=O) groups excluding carboxylic acids is 1. The van der Waals surface area contributed by atoms with Gasteiger partial charge in [0.2, 0.25) is 11.8 Å². The van der Waals surface area contributed by atoms with Crippen molar-refractivity contribution in [2.75, 3.05) is 11.9 Å². The standard InChI is InChI=1S/C34H42N2O5/c1-5-34(6-2,33(39)40)23-30(37)35-29-15-10-13-26(22-29)17-18-28-14-11-16-31(36-28)41-19-9-7-8-12-27-20-24(3)32(38)25(4)21-27/h10-11,13-18,20-22,38H,5-9,12,19,23H2,1-4H3,(H,35,37)(H,39,40)/b18-17+. The van der Waals surface area contributed by atoms with Gasteiger partial charge in [-0.25, -0.2) is 4.98 Å². The monoisotopic (exact) mass is 558 g/mol. The predicted molar refractivity (Wildman–Crippen MR) is 164 cm³/mol. The van der Waals surface area contributed by atoms with Crippen molar-refractivity contribution >= 4 is 29.7 Å². The van der Waals surface area contributed by atoms with E-state index in [9.17, 15) is 19.8 Å². The number of aromatic hydroxyl groups is 1. The lowest BCUT2D eigenvalue weighted by atomic mass is 9.79. The first-order chi connectivity index (χ1) is 19.7. The van der Waals surface area contributed by atoms with E-state index in [0.717, 1.165) is 48.1 Å². The minimum absolute atomic E-state index is 0.0656. The van der Waals surface area contributed by atoms with Crippen LogP contribution in [0.4, 0.5) is 5.69 Å². The Balaban J connectivity index is 1.48. The first kappa shape index (κ1) is 31.4. The van der Waals surface area contributed by atoms with Gasteiger partial charge in [-0.05, 0) is 98.9 Å². The summed E-state index contributed by atoms with van der Waals surface area (Å²) in [6.07, 6.45) is 8.53. The molecular formula is C34H42N2O5. The lowest BCUT2D eigenvalue weighted by molar-refractivity contribution is -0.151. The fraction of sp³-hybridized carbons (Fsp3) is 0.382. The average molecular weight is 559 g/mol. The van der Waals surface area contributed by atoms with Gasteiger partial charge in [-0.3, -0.25) is 9.59 Å². The van der Waals surface area contributed by atoms with Crippen LogP contribution in [0.1, 0.15) is 80.3 Å². The van der Waals surface area contributed by atoms with E-state index in [4.69, 9.17) is 4.74 Å². The van der Waals surface area contributed by atoms with Gasteiger partial charge in [0.15, 0.2) is 0 Å². The van der Waals surface area contributed by atoms with E-state index in [1.807, 2.05) is 62.4 Å². The number of carbonyl (C=O) groups is 2. The molecule has 3 rings (SSSR count). The lowest BCUT2D eigenvalue weighted by Gasteiger charge is -2.25. The highest BCUT2D eigenvalue weighted by atomic mass is 16.5. The van der Waals surface area contributed by atoms with Gasteiger partial charge in [-0.15, -0.1) is 0 Å². The molecule has 218 valence electrons. The molecule has 2 aromatic carbocycles. The Kier molecular flexibility index (Phi) is 11.5. The molecule has 0 atom stereocenters. The van der Waals surface area contributed by atoms with Crippen molar-refractivity contribution in [2.45, 2.75) is 72.6 Å². The third-order valence-corrected chi connectivity index (χ3v) is 7.58. The van der Waals surface area contributed by atoms with Crippen LogP contribution in [0.2, 0.25) is 0 Å². The molecule has 3 N–H and O–H groups in total. The number of pyridine rings is 1. The molecule has 0 aliphatic rings. The minimum atomic E-state index is -1.05. The SMILES string of the molecule is CCC(CC)(CC(=O)Nc1cccc(/C=C/c2cccc(OCCCCCc3cc(C)c(O)c(C)c3)n2)c1)C(=O)O. The van der Waals surface area contributed by atoms with E-state index in [1.54, 1.807) is 19.9 Å². The topological polar surface area (TPSA) is 109 Å². The number of phenols is 1. The summed E-state index contributed by atoms with van der Waals surface area (Å²) in [7, 11) is 0. The van der Waals surface area contributed by atoms with Crippen molar-refractivity contribution < 1.29 is 24.5 Å². The number of hydrogen-bond donors (Lipinski definition) is 3. The van der Waals surface area contributed by atoms with Gasteiger partial charge in [0.1, 0.15) is 5.75 Å². The van der Waals surface area contributed by atoms with Crippen LogP contribution in [0.5, 0.6) is 11.6 Å². The quantitative estimate of drug-likeness (QED) is 0.166. The van der Waals surface area contributed by atoms with Crippen LogP contribution in [0.25, 0.3) is 12.2 Å². The molecule has 0 fully saturated rings. The van der Waals surface area contributed by atoms with Gasteiger partial charge in [0, 0.05) is 18.2 Å². The van der Waals surface area contributed by atoms with Crippen LogP contribution in [0, 0.1) is 19.3 Å². The number of carboxylic acids is 1. The van der Waals surface area contributed by atoms with Crippen molar-refractivity contribution in [1.82, 2.24) is 4.98 Å². The molecule has 1 heterocycles. The Labute approximate surface area is 243 Å². The zero-order chi connectivity index (χ0) is 29.8. The molecule has 0 radical (unpaired) electrons. The molecule has 7 nitrogen and oxygen atoms in total. The maximum atomic E-state index is 12.6. The average Bonchev–Trinajstić information content (AvgIpc) is 2.95. The van der Waals surface area contributed by atoms with E-state index >= 15 is 0 Å². The fourth-order valence-electron chi connectivity index (χ4n) is 4.87. The van der Waals surface area contributed by atoms with Gasteiger partial charge in [0.25, 0.3) is 0 Å². The number of ether oxygens (including phenoxy) is 1. The number of amides is 1. The van der Waals surface area contributed by atoms with Crippen molar-refractivity contribution in [3.05, 3.63) is 82.5 Å². The smallest absolute Gasteiger partial charge is 0.310 e. The minimum Gasteiger partial charge on any atom is -0.507 e. The number of aromatic nitrogens is 1. The van der Waals surface area contributed by atoms with Crippen molar-refractivity contribution in [3.63, 3.8) is 0 Å². The molecule has 1 aromatic heterocycles.